The Hall–Kier alpha value is -1.57. The van der Waals surface area contributed by atoms with Gasteiger partial charge in [0.1, 0.15) is 0 Å². The minimum Gasteiger partial charge on any atom is -0.367 e. The van der Waals surface area contributed by atoms with Crippen LogP contribution in [0.15, 0.2) is 12.4 Å². The molecule has 2 rings (SSSR count). The van der Waals surface area contributed by atoms with Crippen LogP contribution in [-0.4, -0.2) is 61.3 Å². The predicted molar refractivity (Wildman–Crippen MR) is 80.1 cm³/mol. The van der Waals surface area contributed by atoms with E-state index in [9.17, 15) is 13.2 Å². The number of hydrogen-bond acceptors (Lipinski definition) is 5. The number of likely N-dealkylation sites (tertiary alicyclic amines) is 1. The van der Waals surface area contributed by atoms with Crippen molar-refractivity contribution in [2.45, 2.75) is 19.0 Å². The highest BCUT2D eigenvalue weighted by Crippen LogP contribution is 2.24. The first-order valence-corrected chi connectivity index (χ1v) is 7.36. The Labute approximate surface area is 128 Å². The summed E-state index contributed by atoms with van der Waals surface area (Å²) in [5.74, 6) is 1.84. The number of alkyl halides is 3. The Morgan fingerprint density at radius 2 is 1.86 bits per heavy atom. The maximum absolute atomic E-state index is 12.4. The number of halogens is 3. The molecule has 1 aromatic heterocycles. The summed E-state index contributed by atoms with van der Waals surface area (Å²) in [6, 6.07) is 0. The van der Waals surface area contributed by atoms with E-state index in [-0.39, 0.29) is 0 Å². The van der Waals surface area contributed by atoms with Gasteiger partial charge in [-0.3, -0.25) is 4.90 Å². The SMILES string of the molecule is CN(C)c1nccnc1NCC1CCN(CC(F)(F)F)CC1. The van der Waals surface area contributed by atoms with E-state index in [1.165, 1.54) is 4.90 Å². The fraction of sp³-hybridized carbons (Fsp3) is 0.714. The summed E-state index contributed by atoms with van der Waals surface area (Å²) >= 11 is 0. The Kier molecular flexibility index (Phi) is 5.44. The average Bonchev–Trinajstić information content (AvgIpc) is 2.45. The zero-order valence-electron chi connectivity index (χ0n) is 12.9. The van der Waals surface area contributed by atoms with Gasteiger partial charge in [-0.05, 0) is 31.8 Å². The van der Waals surface area contributed by atoms with Crippen LogP contribution in [0, 0.1) is 5.92 Å². The zero-order chi connectivity index (χ0) is 16.2. The topological polar surface area (TPSA) is 44.3 Å². The smallest absolute Gasteiger partial charge is 0.367 e. The summed E-state index contributed by atoms with van der Waals surface area (Å²) in [4.78, 5) is 11.9. The molecule has 0 radical (unpaired) electrons. The average molecular weight is 317 g/mol. The molecular weight excluding hydrogens is 295 g/mol. The lowest BCUT2D eigenvalue weighted by molar-refractivity contribution is -0.148. The highest BCUT2D eigenvalue weighted by atomic mass is 19.4. The van der Waals surface area contributed by atoms with Crippen molar-refractivity contribution in [1.29, 1.82) is 0 Å². The maximum Gasteiger partial charge on any atom is 0.401 e. The van der Waals surface area contributed by atoms with Crippen molar-refractivity contribution in [2.75, 3.05) is 50.5 Å². The van der Waals surface area contributed by atoms with Crippen LogP contribution in [-0.2, 0) is 0 Å². The Morgan fingerprint density at radius 1 is 1.23 bits per heavy atom. The second-order valence-electron chi connectivity index (χ2n) is 5.84. The lowest BCUT2D eigenvalue weighted by atomic mass is 9.97. The Bertz CT molecular complexity index is 470. The molecule has 22 heavy (non-hydrogen) atoms. The predicted octanol–water partition coefficient (Wildman–Crippen LogP) is 2.23. The third-order valence-electron chi connectivity index (χ3n) is 3.77. The molecular formula is C14H22F3N5. The van der Waals surface area contributed by atoms with Gasteiger partial charge in [0.25, 0.3) is 0 Å². The number of piperidine rings is 1. The van der Waals surface area contributed by atoms with Gasteiger partial charge in [-0.15, -0.1) is 0 Å². The molecule has 1 aliphatic rings. The fourth-order valence-electron chi connectivity index (χ4n) is 2.63. The second-order valence-corrected chi connectivity index (χ2v) is 5.84. The number of rotatable bonds is 5. The van der Waals surface area contributed by atoms with Gasteiger partial charge in [-0.1, -0.05) is 0 Å². The standard InChI is InChI=1S/C14H22F3N5/c1-21(2)13-12(18-5-6-19-13)20-9-11-3-7-22(8-4-11)10-14(15,16)17/h5-6,11H,3-4,7-10H2,1-2H3,(H,18,20). The third kappa shape index (κ3) is 5.01. The molecule has 124 valence electrons. The third-order valence-corrected chi connectivity index (χ3v) is 3.77. The van der Waals surface area contributed by atoms with Crippen LogP contribution < -0.4 is 10.2 Å². The Morgan fingerprint density at radius 3 is 2.45 bits per heavy atom. The van der Waals surface area contributed by atoms with Crippen LogP contribution in [0.4, 0.5) is 24.8 Å². The minimum absolute atomic E-state index is 0.363. The molecule has 0 aromatic carbocycles. The molecule has 0 atom stereocenters. The van der Waals surface area contributed by atoms with E-state index in [4.69, 9.17) is 0 Å². The first kappa shape index (κ1) is 16.8. The summed E-state index contributed by atoms with van der Waals surface area (Å²) in [6.45, 7) is 0.890. The molecule has 1 fully saturated rings. The van der Waals surface area contributed by atoms with Crippen LogP contribution >= 0.6 is 0 Å². The van der Waals surface area contributed by atoms with Crippen LogP contribution in [0.3, 0.4) is 0 Å². The van der Waals surface area contributed by atoms with E-state index in [0.29, 0.717) is 31.4 Å². The highest BCUT2D eigenvalue weighted by molar-refractivity contribution is 5.59. The number of hydrogen-bond donors (Lipinski definition) is 1. The summed E-state index contributed by atoms with van der Waals surface area (Å²) in [6.07, 6.45) is 0.685. The normalized spacial score (nSPS) is 17.5. The molecule has 1 aromatic rings. The molecule has 2 heterocycles. The maximum atomic E-state index is 12.4. The first-order chi connectivity index (χ1) is 10.3. The van der Waals surface area contributed by atoms with Crippen molar-refractivity contribution in [2.24, 2.45) is 5.92 Å². The largest absolute Gasteiger partial charge is 0.401 e. The molecule has 0 bridgehead atoms. The molecule has 1 N–H and O–H groups in total. The number of nitrogens with zero attached hydrogens (tertiary/aromatic N) is 4. The molecule has 0 aliphatic carbocycles. The van der Waals surface area contributed by atoms with Crippen LogP contribution in [0.1, 0.15) is 12.8 Å². The van der Waals surface area contributed by atoms with Gasteiger partial charge in [-0.2, -0.15) is 13.2 Å². The number of nitrogens with one attached hydrogen (secondary N) is 1. The van der Waals surface area contributed by atoms with Gasteiger partial charge in [0.15, 0.2) is 11.6 Å². The van der Waals surface area contributed by atoms with Gasteiger partial charge >= 0.3 is 6.18 Å². The van der Waals surface area contributed by atoms with Crippen molar-refractivity contribution < 1.29 is 13.2 Å². The zero-order valence-corrected chi connectivity index (χ0v) is 12.9. The van der Waals surface area contributed by atoms with Crippen molar-refractivity contribution in [3.05, 3.63) is 12.4 Å². The Balaban J connectivity index is 1.80. The molecule has 1 saturated heterocycles. The van der Waals surface area contributed by atoms with Crippen molar-refractivity contribution in [3.63, 3.8) is 0 Å². The van der Waals surface area contributed by atoms with E-state index in [1.807, 2.05) is 19.0 Å². The molecule has 0 unspecified atom stereocenters. The van der Waals surface area contributed by atoms with E-state index < -0.39 is 12.7 Å². The quantitative estimate of drug-likeness (QED) is 0.902. The van der Waals surface area contributed by atoms with Gasteiger partial charge in [0.05, 0.1) is 6.54 Å². The number of anilines is 2. The molecule has 1 aliphatic heterocycles. The highest BCUT2D eigenvalue weighted by Gasteiger charge is 2.32. The summed E-state index contributed by atoms with van der Waals surface area (Å²) in [5.41, 5.74) is 0. The summed E-state index contributed by atoms with van der Waals surface area (Å²) in [7, 11) is 3.79. The van der Waals surface area contributed by atoms with Crippen LogP contribution in [0.25, 0.3) is 0 Å². The summed E-state index contributed by atoms with van der Waals surface area (Å²) < 4.78 is 37.1. The van der Waals surface area contributed by atoms with Gasteiger partial charge in [0.2, 0.25) is 0 Å². The van der Waals surface area contributed by atoms with Crippen molar-refractivity contribution >= 4 is 11.6 Å². The van der Waals surface area contributed by atoms with Gasteiger partial charge in [-0.25, -0.2) is 9.97 Å². The molecule has 8 heteroatoms. The van der Waals surface area contributed by atoms with E-state index in [2.05, 4.69) is 15.3 Å². The van der Waals surface area contributed by atoms with Gasteiger partial charge < -0.3 is 10.2 Å². The monoisotopic (exact) mass is 317 g/mol. The summed E-state index contributed by atoms with van der Waals surface area (Å²) in [5, 5.41) is 3.27. The van der Waals surface area contributed by atoms with E-state index in [0.717, 1.165) is 18.7 Å². The molecule has 0 saturated carbocycles. The van der Waals surface area contributed by atoms with Crippen LogP contribution in [0.5, 0.6) is 0 Å². The minimum atomic E-state index is -4.11. The lowest BCUT2D eigenvalue weighted by Crippen LogP contribution is -2.41. The second kappa shape index (κ2) is 7.13. The van der Waals surface area contributed by atoms with E-state index in [1.54, 1.807) is 12.4 Å². The molecule has 0 amide bonds. The molecule has 0 spiro atoms. The van der Waals surface area contributed by atoms with Crippen LogP contribution in [0.2, 0.25) is 0 Å². The molecule has 5 nitrogen and oxygen atoms in total. The van der Waals surface area contributed by atoms with Gasteiger partial charge in [0, 0.05) is 33.0 Å². The van der Waals surface area contributed by atoms with Crippen molar-refractivity contribution in [1.82, 2.24) is 14.9 Å². The van der Waals surface area contributed by atoms with Crippen molar-refractivity contribution in [3.8, 4) is 0 Å². The fourth-order valence-corrected chi connectivity index (χ4v) is 2.63. The number of aromatic nitrogens is 2. The lowest BCUT2D eigenvalue weighted by Gasteiger charge is -2.32. The van der Waals surface area contributed by atoms with E-state index >= 15 is 0 Å². The first-order valence-electron chi connectivity index (χ1n) is 7.36.